The van der Waals surface area contributed by atoms with Gasteiger partial charge in [-0.05, 0) is 49.9 Å². The van der Waals surface area contributed by atoms with Crippen molar-refractivity contribution in [3.63, 3.8) is 0 Å². The molecule has 1 saturated heterocycles. The van der Waals surface area contributed by atoms with Gasteiger partial charge in [0.15, 0.2) is 0 Å². The molecule has 1 atom stereocenters. The smallest absolute Gasteiger partial charge is 0.226 e. The van der Waals surface area contributed by atoms with Gasteiger partial charge in [0, 0.05) is 24.9 Å². The summed E-state index contributed by atoms with van der Waals surface area (Å²) >= 11 is 1.57. The number of ether oxygens (including phenoxy) is 2. The van der Waals surface area contributed by atoms with Crippen LogP contribution in [0.5, 0.6) is 11.5 Å². The molecule has 2 aromatic rings. The summed E-state index contributed by atoms with van der Waals surface area (Å²) in [5.41, 5.74) is 4.09. The van der Waals surface area contributed by atoms with Crippen LogP contribution in [-0.4, -0.2) is 55.0 Å². The van der Waals surface area contributed by atoms with E-state index < -0.39 is 0 Å². The Morgan fingerprint density at radius 1 is 1.28 bits per heavy atom. The van der Waals surface area contributed by atoms with Crippen molar-refractivity contribution in [1.29, 1.82) is 0 Å². The number of hydrogen-bond donors (Lipinski definition) is 0. The first kappa shape index (κ1) is 20.2. The van der Waals surface area contributed by atoms with Crippen LogP contribution in [0.25, 0.3) is 0 Å². The van der Waals surface area contributed by atoms with Crippen LogP contribution < -0.4 is 9.47 Å². The number of likely N-dealkylation sites (tertiary alicyclic amines) is 1. The van der Waals surface area contributed by atoms with E-state index in [1.165, 1.54) is 0 Å². The first-order chi connectivity index (χ1) is 14.1. The number of carbonyl (C=O) groups excluding carboxylic acids is 1. The molecule has 2 aliphatic rings. The van der Waals surface area contributed by atoms with Gasteiger partial charge in [0.2, 0.25) is 5.91 Å². The average molecular weight is 416 g/mol. The molecule has 1 aliphatic carbocycles. The van der Waals surface area contributed by atoms with Crippen LogP contribution in [0.2, 0.25) is 0 Å². The number of amides is 1. The number of carbonyl (C=O) groups is 1. The van der Waals surface area contributed by atoms with E-state index in [1.807, 2.05) is 41.0 Å². The molecule has 156 valence electrons. The summed E-state index contributed by atoms with van der Waals surface area (Å²) in [7, 11) is 5.30. The third kappa shape index (κ3) is 4.12. The van der Waals surface area contributed by atoms with Crippen molar-refractivity contribution in [3.8, 4) is 11.5 Å². The molecule has 2 heterocycles. The molecule has 2 fully saturated rings. The number of thiazole rings is 1. The zero-order valence-electron chi connectivity index (χ0n) is 17.4. The van der Waals surface area contributed by atoms with Crippen LogP contribution in [0.1, 0.15) is 30.5 Å². The molecule has 0 bridgehead atoms. The van der Waals surface area contributed by atoms with Crippen LogP contribution in [0.4, 0.5) is 0 Å². The van der Waals surface area contributed by atoms with Crippen LogP contribution in [-0.2, 0) is 17.9 Å². The van der Waals surface area contributed by atoms with Crippen molar-refractivity contribution >= 4 is 17.2 Å². The summed E-state index contributed by atoms with van der Waals surface area (Å²) in [6.45, 7) is 3.42. The summed E-state index contributed by atoms with van der Waals surface area (Å²) in [6, 6.07) is 5.92. The summed E-state index contributed by atoms with van der Waals surface area (Å²) in [4.78, 5) is 21.5. The van der Waals surface area contributed by atoms with E-state index in [1.54, 1.807) is 25.6 Å². The number of aromatic nitrogens is 1. The molecule has 1 saturated carbocycles. The van der Waals surface area contributed by atoms with Gasteiger partial charge < -0.3 is 14.4 Å². The maximum atomic E-state index is 12.9. The van der Waals surface area contributed by atoms with E-state index in [-0.39, 0.29) is 17.2 Å². The van der Waals surface area contributed by atoms with Crippen LogP contribution in [0, 0.1) is 11.3 Å². The maximum Gasteiger partial charge on any atom is 0.226 e. The minimum Gasteiger partial charge on any atom is -0.496 e. The van der Waals surface area contributed by atoms with Gasteiger partial charge in [-0.25, -0.2) is 4.98 Å². The van der Waals surface area contributed by atoms with Crippen molar-refractivity contribution in [3.05, 3.63) is 40.3 Å². The van der Waals surface area contributed by atoms with Crippen molar-refractivity contribution in [2.24, 2.45) is 11.3 Å². The van der Waals surface area contributed by atoms with Gasteiger partial charge in [0.25, 0.3) is 0 Å². The molecule has 4 rings (SSSR count). The fraction of sp³-hybridized carbons (Fsp3) is 0.545. The normalized spacial score (nSPS) is 20.4. The first-order valence-corrected chi connectivity index (χ1v) is 11.0. The number of piperidine rings is 1. The van der Waals surface area contributed by atoms with Crippen molar-refractivity contribution in [1.82, 2.24) is 14.8 Å². The second-order valence-corrected chi connectivity index (χ2v) is 8.93. The maximum absolute atomic E-state index is 12.9. The van der Waals surface area contributed by atoms with Crippen LogP contribution in [0.15, 0.2) is 29.1 Å². The lowest BCUT2D eigenvalue weighted by molar-refractivity contribution is -0.133. The highest BCUT2D eigenvalue weighted by Crippen LogP contribution is 2.60. The monoisotopic (exact) mass is 415 g/mol. The zero-order chi connectivity index (χ0) is 20.4. The Hall–Kier alpha value is -2.12. The number of rotatable bonds is 7. The number of methoxy groups -OCH3 is 2. The Bertz CT molecular complexity index is 825. The highest BCUT2D eigenvalue weighted by molar-refractivity contribution is 7.07. The second kappa shape index (κ2) is 8.32. The molecule has 1 aliphatic heterocycles. The third-order valence-corrected chi connectivity index (χ3v) is 7.15. The number of hydrogen-bond acceptors (Lipinski definition) is 6. The van der Waals surface area contributed by atoms with Gasteiger partial charge in [-0.3, -0.25) is 9.69 Å². The van der Waals surface area contributed by atoms with E-state index in [9.17, 15) is 4.79 Å². The van der Waals surface area contributed by atoms with Gasteiger partial charge in [-0.1, -0.05) is 6.07 Å². The summed E-state index contributed by atoms with van der Waals surface area (Å²) < 4.78 is 11.1. The minimum absolute atomic E-state index is 0.175. The zero-order valence-corrected chi connectivity index (χ0v) is 18.2. The topological polar surface area (TPSA) is 54.9 Å². The molecule has 1 amide bonds. The van der Waals surface area contributed by atoms with Crippen LogP contribution in [0.3, 0.4) is 0 Å². The Kier molecular flexibility index (Phi) is 5.79. The van der Waals surface area contributed by atoms with E-state index in [0.29, 0.717) is 6.54 Å². The van der Waals surface area contributed by atoms with E-state index in [2.05, 4.69) is 9.88 Å². The Morgan fingerprint density at radius 2 is 1.97 bits per heavy atom. The standard InChI is InChI=1S/C22H29N3O3S/c1-24(12-16-14-29-15-23-16)21(26)18-11-22(18)7-9-25(10-8-22)13-17-19(27-2)5-4-6-20(17)28-3/h4-6,14-15,18H,7-13H2,1-3H3/t18-/m0/s1. The van der Waals surface area contributed by atoms with Gasteiger partial charge in [-0.15, -0.1) is 11.3 Å². The molecule has 29 heavy (non-hydrogen) atoms. The van der Waals surface area contributed by atoms with Crippen molar-refractivity contribution < 1.29 is 14.3 Å². The Labute approximate surface area is 176 Å². The third-order valence-electron chi connectivity index (χ3n) is 6.51. The summed E-state index contributed by atoms with van der Waals surface area (Å²) in [6.07, 6.45) is 3.18. The Balaban J connectivity index is 1.33. The largest absolute Gasteiger partial charge is 0.496 e. The quantitative estimate of drug-likeness (QED) is 0.694. The molecule has 1 aromatic carbocycles. The van der Waals surface area contributed by atoms with Gasteiger partial charge in [-0.2, -0.15) is 0 Å². The van der Waals surface area contributed by atoms with Crippen molar-refractivity contribution in [2.45, 2.75) is 32.4 Å². The second-order valence-electron chi connectivity index (χ2n) is 8.21. The molecule has 0 unspecified atom stereocenters. The van der Waals surface area contributed by atoms with E-state index >= 15 is 0 Å². The summed E-state index contributed by atoms with van der Waals surface area (Å²) in [5, 5.41) is 2.01. The molecule has 1 spiro atoms. The first-order valence-electron chi connectivity index (χ1n) is 10.1. The predicted octanol–water partition coefficient (Wildman–Crippen LogP) is 3.42. The molecule has 0 N–H and O–H groups in total. The molecule has 7 heteroatoms. The highest BCUT2D eigenvalue weighted by atomic mass is 32.1. The SMILES string of the molecule is COc1cccc(OC)c1CN1CCC2(CC1)C[C@H]2C(=O)N(C)Cc1cscn1. The highest BCUT2D eigenvalue weighted by Gasteiger charge is 2.59. The predicted molar refractivity (Wildman–Crippen MR) is 113 cm³/mol. The molecule has 6 nitrogen and oxygen atoms in total. The lowest BCUT2D eigenvalue weighted by Crippen LogP contribution is -2.37. The molecular weight excluding hydrogens is 386 g/mol. The Morgan fingerprint density at radius 3 is 2.55 bits per heavy atom. The van der Waals surface area contributed by atoms with Crippen LogP contribution >= 0.6 is 11.3 Å². The van der Waals surface area contributed by atoms with E-state index in [0.717, 1.165) is 61.7 Å². The lowest BCUT2D eigenvalue weighted by Gasteiger charge is -2.33. The van der Waals surface area contributed by atoms with E-state index in [4.69, 9.17) is 9.47 Å². The fourth-order valence-corrected chi connectivity index (χ4v) is 5.17. The molecule has 0 radical (unpaired) electrons. The van der Waals surface area contributed by atoms with Gasteiger partial charge in [0.1, 0.15) is 11.5 Å². The number of nitrogens with zero attached hydrogens (tertiary/aromatic N) is 3. The lowest BCUT2D eigenvalue weighted by atomic mass is 9.90. The minimum atomic E-state index is 0.175. The summed E-state index contributed by atoms with van der Waals surface area (Å²) in [5.74, 6) is 2.19. The van der Waals surface area contributed by atoms with Gasteiger partial charge >= 0.3 is 0 Å². The average Bonchev–Trinajstić information content (AvgIpc) is 3.18. The molecule has 1 aromatic heterocycles. The fourth-order valence-electron chi connectivity index (χ4n) is 4.62. The van der Waals surface area contributed by atoms with Gasteiger partial charge in [0.05, 0.1) is 37.5 Å². The number of benzene rings is 1. The molecular formula is C22H29N3O3S. The van der Waals surface area contributed by atoms with Crippen molar-refractivity contribution in [2.75, 3.05) is 34.4 Å².